The van der Waals surface area contributed by atoms with Crippen molar-refractivity contribution in [1.29, 1.82) is 0 Å². The number of hydrogen-bond donors (Lipinski definition) is 2. The molecule has 0 bridgehead atoms. The van der Waals surface area contributed by atoms with Crippen LogP contribution >= 0.6 is 0 Å². The molecule has 2 aromatic heterocycles. The molecule has 0 spiro atoms. The molecule has 172 valence electrons. The van der Waals surface area contributed by atoms with Crippen LogP contribution in [0.2, 0.25) is 0 Å². The zero-order valence-electron chi connectivity index (χ0n) is 19.2. The third-order valence-corrected chi connectivity index (χ3v) is 7.07. The van der Waals surface area contributed by atoms with Crippen LogP contribution in [0.25, 0.3) is 22.3 Å². The van der Waals surface area contributed by atoms with E-state index in [1.807, 2.05) is 13.1 Å². The fourth-order valence-corrected chi connectivity index (χ4v) is 4.70. The second-order valence-electron chi connectivity index (χ2n) is 9.24. The molecule has 0 fully saturated rings. The number of pyridine rings is 2. The van der Waals surface area contributed by atoms with E-state index in [1.165, 1.54) is 0 Å². The summed E-state index contributed by atoms with van der Waals surface area (Å²) in [5.74, 6) is -0.524. The number of phenols is 1. The molecule has 0 amide bonds. The molecule has 33 heavy (non-hydrogen) atoms. The van der Waals surface area contributed by atoms with E-state index in [0.29, 0.717) is 47.2 Å². The summed E-state index contributed by atoms with van der Waals surface area (Å²) in [7, 11) is 2.00. The standard InChI is InChI=1S/C25H27N3O5/c1-5-25(32)18-9-20-22-14(10-28(20)23(30)17(18)12-33-24(25)31)8-15-16(11-27(4)13(2)3)21(29)7-6-19(15)26-22/h6-9,13,29,32H,5,10-12H2,1-4H3. The zero-order chi connectivity index (χ0) is 23.7. The van der Waals surface area contributed by atoms with Gasteiger partial charge in [-0.3, -0.25) is 9.69 Å². The van der Waals surface area contributed by atoms with E-state index in [1.54, 1.807) is 29.7 Å². The van der Waals surface area contributed by atoms with Gasteiger partial charge in [-0.15, -0.1) is 0 Å². The van der Waals surface area contributed by atoms with Crippen LogP contribution in [0, 0.1) is 0 Å². The maximum absolute atomic E-state index is 13.3. The van der Waals surface area contributed by atoms with Crippen LogP contribution in [0.15, 0.2) is 29.1 Å². The molecule has 5 rings (SSSR count). The van der Waals surface area contributed by atoms with E-state index in [9.17, 15) is 19.8 Å². The van der Waals surface area contributed by atoms with Crippen LogP contribution in [0.1, 0.15) is 49.4 Å². The van der Waals surface area contributed by atoms with Crippen molar-refractivity contribution in [3.05, 3.63) is 56.9 Å². The van der Waals surface area contributed by atoms with Gasteiger partial charge in [0.25, 0.3) is 5.56 Å². The number of ether oxygens (including phenoxy) is 1. The molecule has 4 heterocycles. The van der Waals surface area contributed by atoms with Gasteiger partial charge in [0.2, 0.25) is 0 Å². The molecule has 0 aliphatic carbocycles. The van der Waals surface area contributed by atoms with E-state index >= 15 is 0 Å². The van der Waals surface area contributed by atoms with Gasteiger partial charge in [-0.2, -0.15) is 0 Å². The Morgan fingerprint density at radius 1 is 1.27 bits per heavy atom. The van der Waals surface area contributed by atoms with Crippen LogP contribution in [-0.2, 0) is 34.8 Å². The Morgan fingerprint density at radius 3 is 2.73 bits per heavy atom. The predicted octanol–water partition coefficient (Wildman–Crippen LogP) is 2.63. The van der Waals surface area contributed by atoms with Gasteiger partial charge >= 0.3 is 5.97 Å². The third-order valence-electron chi connectivity index (χ3n) is 7.07. The minimum absolute atomic E-state index is 0.103. The molecule has 1 atom stereocenters. The number of rotatable bonds is 4. The van der Waals surface area contributed by atoms with Crippen molar-refractivity contribution in [2.45, 2.75) is 58.5 Å². The number of aromatic nitrogens is 2. The molecule has 1 aromatic carbocycles. The Kier molecular flexibility index (Phi) is 4.84. The van der Waals surface area contributed by atoms with E-state index in [4.69, 9.17) is 9.72 Å². The van der Waals surface area contributed by atoms with Gasteiger partial charge in [0, 0.05) is 34.7 Å². The van der Waals surface area contributed by atoms with Gasteiger partial charge in [0.1, 0.15) is 12.4 Å². The first-order valence-electron chi connectivity index (χ1n) is 11.2. The first kappa shape index (κ1) is 21.6. The molecule has 0 radical (unpaired) electrons. The lowest BCUT2D eigenvalue weighted by molar-refractivity contribution is -0.172. The fourth-order valence-electron chi connectivity index (χ4n) is 4.70. The van der Waals surface area contributed by atoms with Gasteiger partial charge in [0.15, 0.2) is 5.60 Å². The number of esters is 1. The van der Waals surface area contributed by atoms with Crippen LogP contribution in [0.3, 0.4) is 0 Å². The molecule has 3 aromatic rings. The number of benzene rings is 1. The van der Waals surface area contributed by atoms with Crippen molar-refractivity contribution >= 4 is 16.9 Å². The Labute approximate surface area is 191 Å². The molecule has 1 unspecified atom stereocenters. The van der Waals surface area contributed by atoms with Gasteiger partial charge in [-0.25, -0.2) is 9.78 Å². The Bertz CT molecular complexity index is 1380. The minimum Gasteiger partial charge on any atom is -0.508 e. The monoisotopic (exact) mass is 449 g/mol. The summed E-state index contributed by atoms with van der Waals surface area (Å²) in [6.45, 7) is 6.60. The highest BCUT2D eigenvalue weighted by molar-refractivity contribution is 5.89. The lowest BCUT2D eigenvalue weighted by Crippen LogP contribution is -2.44. The lowest BCUT2D eigenvalue weighted by Gasteiger charge is -2.31. The summed E-state index contributed by atoms with van der Waals surface area (Å²) in [5, 5.41) is 22.4. The van der Waals surface area contributed by atoms with Crippen LogP contribution in [0.5, 0.6) is 5.75 Å². The molecular weight excluding hydrogens is 422 g/mol. The Balaban J connectivity index is 1.70. The normalized spacial score (nSPS) is 19.1. The smallest absolute Gasteiger partial charge is 0.343 e. The number of aliphatic hydroxyl groups is 1. The molecular formula is C25H27N3O5. The summed E-state index contributed by atoms with van der Waals surface area (Å²) in [5.41, 5.74) is 2.06. The van der Waals surface area contributed by atoms with Crippen molar-refractivity contribution in [2.75, 3.05) is 7.05 Å². The topological polar surface area (TPSA) is 105 Å². The van der Waals surface area contributed by atoms with Crippen molar-refractivity contribution in [3.63, 3.8) is 0 Å². The average molecular weight is 450 g/mol. The maximum atomic E-state index is 13.3. The molecule has 2 aliphatic heterocycles. The lowest BCUT2D eigenvalue weighted by atomic mass is 9.86. The summed E-state index contributed by atoms with van der Waals surface area (Å²) in [6.07, 6.45) is 0.103. The largest absolute Gasteiger partial charge is 0.508 e. The Hall–Kier alpha value is -3.23. The summed E-state index contributed by atoms with van der Waals surface area (Å²) in [4.78, 5) is 32.6. The van der Waals surface area contributed by atoms with Gasteiger partial charge in [-0.1, -0.05) is 6.92 Å². The zero-order valence-corrected chi connectivity index (χ0v) is 19.2. The number of carbonyl (C=O) groups is 1. The van der Waals surface area contributed by atoms with Gasteiger partial charge < -0.3 is 19.5 Å². The highest BCUT2D eigenvalue weighted by Gasteiger charge is 2.45. The summed E-state index contributed by atoms with van der Waals surface area (Å²) in [6, 6.07) is 7.41. The van der Waals surface area contributed by atoms with Crippen LogP contribution in [-0.4, -0.2) is 43.7 Å². The Morgan fingerprint density at radius 2 is 2.03 bits per heavy atom. The quantitative estimate of drug-likeness (QED) is 0.462. The van der Waals surface area contributed by atoms with Crippen molar-refractivity contribution in [2.24, 2.45) is 0 Å². The average Bonchev–Trinajstić information content (AvgIpc) is 3.15. The first-order chi connectivity index (χ1) is 15.7. The van der Waals surface area contributed by atoms with E-state index in [-0.39, 0.29) is 24.3 Å². The second-order valence-corrected chi connectivity index (χ2v) is 9.24. The molecule has 8 nitrogen and oxygen atoms in total. The van der Waals surface area contributed by atoms with Crippen molar-refractivity contribution in [1.82, 2.24) is 14.5 Å². The van der Waals surface area contributed by atoms with Gasteiger partial charge in [0.05, 0.1) is 29.0 Å². The molecule has 0 saturated heterocycles. The van der Waals surface area contributed by atoms with Crippen molar-refractivity contribution < 1.29 is 19.7 Å². The number of nitrogens with zero attached hydrogens (tertiary/aromatic N) is 3. The fraction of sp³-hybridized carbons (Fsp3) is 0.400. The molecule has 2 aliphatic rings. The number of hydrogen-bond acceptors (Lipinski definition) is 7. The molecule has 2 N–H and O–H groups in total. The number of cyclic esters (lactones) is 1. The number of phenolic OH excluding ortho intramolecular Hbond substituents is 1. The third kappa shape index (κ3) is 3.08. The molecule has 8 heteroatoms. The summed E-state index contributed by atoms with van der Waals surface area (Å²) < 4.78 is 6.74. The maximum Gasteiger partial charge on any atom is 0.343 e. The predicted molar refractivity (Wildman–Crippen MR) is 123 cm³/mol. The number of fused-ring (bicyclic) bond motifs is 5. The molecule has 0 saturated carbocycles. The van der Waals surface area contributed by atoms with Crippen molar-refractivity contribution in [3.8, 4) is 17.1 Å². The number of carbonyl (C=O) groups excluding carboxylic acids is 1. The van der Waals surface area contributed by atoms with E-state index < -0.39 is 11.6 Å². The van der Waals surface area contributed by atoms with Crippen LogP contribution in [0.4, 0.5) is 0 Å². The van der Waals surface area contributed by atoms with Gasteiger partial charge in [-0.05, 0) is 51.6 Å². The summed E-state index contributed by atoms with van der Waals surface area (Å²) >= 11 is 0. The second kappa shape index (κ2) is 7.40. The highest BCUT2D eigenvalue weighted by atomic mass is 16.6. The van der Waals surface area contributed by atoms with E-state index in [0.717, 1.165) is 16.5 Å². The highest BCUT2D eigenvalue weighted by Crippen LogP contribution is 2.39. The number of aromatic hydroxyl groups is 1. The minimum atomic E-state index is -1.84. The van der Waals surface area contributed by atoms with Crippen LogP contribution < -0.4 is 5.56 Å². The SMILES string of the molecule is CCC1(O)C(=O)OCc2c1cc1n(c2=O)Cc2cc3c(CN(C)C(C)C)c(O)ccc3nc2-1. The van der Waals surface area contributed by atoms with E-state index in [2.05, 4.69) is 18.7 Å². The first-order valence-corrected chi connectivity index (χ1v) is 11.2.